The lowest BCUT2D eigenvalue weighted by Crippen LogP contribution is -2.32. The van der Waals surface area contributed by atoms with Crippen LogP contribution in [-0.2, 0) is 11.3 Å². The quantitative estimate of drug-likeness (QED) is 0.929. The van der Waals surface area contributed by atoms with Gasteiger partial charge in [0.15, 0.2) is 0 Å². The predicted molar refractivity (Wildman–Crippen MR) is 93.7 cm³/mol. The molecule has 1 aliphatic heterocycles. The third-order valence-corrected chi connectivity index (χ3v) is 4.47. The molecule has 1 saturated heterocycles. The highest BCUT2D eigenvalue weighted by Gasteiger charge is 2.31. The molecule has 0 unspecified atom stereocenters. The second kappa shape index (κ2) is 7.42. The van der Waals surface area contributed by atoms with Crippen LogP contribution >= 0.6 is 0 Å². The summed E-state index contributed by atoms with van der Waals surface area (Å²) in [6.07, 6.45) is 5.27. The van der Waals surface area contributed by atoms with E-state index < -0.39 is 0 Å². The van der Waals surface area contributed by atoms with Gasteiger partial charge in [-0.1, -0.05) is 6.07 Å². The van der Waals surface area contributed by atoms with Gasteiger partial charge >= 0.3 is 0 Å². The largest absolute Gasteiger partial charge is 0.351 e. The number of pyridine rings is 2. The minimum Gasteiger partial charge on any atom is -0.351 e. The minimum absolute atomic E-state index is 0.0213. The van der Waals surface area contributed by atoms with Gasteiger partial charge in [-0.25, -0.2) is 0 Å². The second-order valence-corrected chi connectivity index (χ2v) is 6.32. The Hall–Kier alpha value is -2.76. The Kier molecular flexibility index (Phi) is 5.07. The number of aromatic nitrogens is 2. The van der Waals surface area contributed by atoms with E-state index in [2.05, 4.69) is 15.3 Å². The van der Waals surface area contributed by atoms with Gasteiger partial charge in [-0.05, 0) is 49.1 Å². The Bertz CT molecular complexity index is 790. The molecule has 1 fully saturated rings. The van der Waals surface area contributed by atoms with Gasteiger partial charge in [0.2, 0.25) is 5.91 Å². The number of hydrogen-bond donors (Lipinski definition) is 1. The van der Waals surface area contributed by atoms with Crippen LogP contribution in [0.2, 0.25) is 0 Å². The minimum atomic E-state index is -0.0875. The molecule has 0 bridgehead atoms. The van der Waals surface area contributed by atoms with Crippen LogP contribution in [0.25, 0.3) is 0 Å². The lowest BCUT2D eigenvalue weighted by Gasteiger charge is -2.25. The van der Waals surface area contributed by atoms with Crippen LogP contribution in [0.15, 0.2) is 36.7 Å². The molecule has 1 N–H and O–H groups in total. The molecule has 0 radical (unpaired) electrons. The predicted octanol–water partition coefficient (Wildman–Crippen LogP) is 2.40. The van der Waals surface area contributed by atoms with Crippen LogP contribution in [0.1, 0.15) is 53.1 Å². The summed E-state index contributed by atoms with van der Waals surface area (Å²) in [6, 6.07) is 7.68. The first-order valence-corrected chi connectivity index (χ1v) is 8.48. The number of nitrogens with one attached hydrogen (secondary N) is 1. The Balaban J connectivity index is 1.82. The van der Waals surface area contributed by atoms with Gasteiger partial charge in [0.1, 0.15) is 5.69 Å². The van der Waals surface area contributed by atoms with Gasteiger partial charge in [-0.2, -0.15) is 0 Å². The number of hydrogen-bond acceptors (Lipinski definition) is 4. The molecular weight excluding hydrogens is 316 g/mol. The average Bonchev–Trinajstić information content (AvgIpc) is 3.10. The Morgan fingerprint density at radius 3 is 2.88 bits per heavy atom. The summed E-state index contributed by atoms with van der Waals surface area (Å²) in [7, 11) is 0. The second-order valence-electron chi connectivity index (χ2n) is 6.32. The summed E-state index contributed by atoms with van der Waals surface area (Å²) >= 11 is 0. The maximum atomic E-state index is 12.9. The highest BCUT2D eigenvalue weighted by Crippen LogP contribution is 2.33. The molecule has 25 heavy (non-hydrogen) atoms. The first-order valence-electron chi connectivity index (χ1n) is 8.48. The lowest BCUT2D eigenvalue weighted by molar-refractivity contribution is -0.119. The molecule has 6 nitrogen and oxygen atoms in total. The molecule has 0 spiro atoms. The number of likely N-dealkylation sites (tertiary alicyclic amines) is 1. The van der Waals surface area contributed by atoms with E-state index in [0.29, 0.717) is 12.2 Å². The molecule has 2 aromatic heterocycles. The lowest BCUT2D eigenvalue weighted by atomic mass is 10.0. The van der Waals surface area contributed by atoms with Gasteiger partial charge < -0.3 is 10.2 Å². The summed E-state index contributed by atoms with van der Waals surface area (Å²) < 4.78 is 0. The van der Waals surface area contributed by atoms with Crippen molar-refractivity contribution in [1.82, 2.24) is 20.2 Å². The van der Waals surface area contributed by atoms with Gasteiger partial charge in [0.25, 0.3) is 5.91 Å². The van der Waals surface area contributed by atoms with E-state index in [9.17, 15) is 9.59 Å². The number of nitrogens with zero attached hydrogens (tertiary/aromatic N) is 3. The summed E-state index contributed by atoms with van der Waals surface area (Å²) in [5.74, 6) is -0.115. The molecule has 0 aliphatic carbocycles. The molecule has 3 rings (SSSR count). The van der Waals surface area contributed by atoms with Crippen molar-refractivity contribution >= 4 is 11.8 Å². The normalized spacial score (nSPS) is 16.7. The van der Waals surface area contributed by atoms with Gasteiger partial charge in [-0.15, -0.1) is 0 Å². The van der Waals surface area contributed by atoms with Crippen molar-refractivity contribution in [3.63, 3.8) is 0 Å². The van der Waals surface area contributed by atoms with Crippen molar-refractivity contribution in [2.75, 3.05) is 6.54 Å². The average molecular weight is 338 g/mol. The zero-order valence-electron chi connectivity index (χ0n) is 14.5. The van der Waals surface area contributed by atoms with Crippen LogP contribution in [0, 0.1) is 6.92 Å². The van der Waals surface area contributed by atoms with Crippen molar-refractivity contribution < 1.29 is 9.59 Å². The van der Waals surface area contributed by atoms with Crippen LogP contribution in [0.3, 0.4) is 0 Å². The van der Waals surface area contributed by atoms with Gasteiger partial charge in [0.05, 0.1) is 18.3 Å². The molecule has 0 aromatic carbocycles. The monoisotopic (exact) mass is 338 g/mol. The van der Waals surface area contributed by atoms with Crippen LogP contribution < -0.4 is 5.32 Å². The third-order valence-electron chi connectivity index (χ3n) is 4.47. The first kappa shape index (κ1) is 17.1. The van der Waals surface area contributed by atoms with E-state index in [4.69, 9.17) is 0 Å². The smallest absolute Gasteiger partial charge is 0.273 e. The summed E-state index contributed by atoms with van der Waals surface area (Å²) in [4.78, 5) is 34.5. The fraction of sp³-hybridized carbons (Fsp3) is 0.368. The van der Waals surface area contributed by atoms with Crippen LogP contribution in [0.5, 0.6) is 0 Å². The van der Waals surface area contributed by atoms with Crippen LogP contribution in [-0.4, -0.2) is 33.2 Å². The summed E-state index contributed by atoms with van der Waals surface area (Å²) in [5, 5.41) is 2.75. The Labute approximate surface area is 147 Å². The topological polar surface area (TPSA) is 75.2 Å². The van der Waals surface area contributed by atoms with E-state index in [1.807, 2.05) is 36.1 Å². The molecule has 1 atom stereocenters. The summed E-state index contributed by atoms with van der Waals surface area (Å²) in [6.45, 7) is 4.51. The number of amides is 2. The zero-order chi connectivity index (χ0) is 17.8. The number of carbonyl (C=O) groups is 2. The standard InChI is InChI=1S/C19H22N4O2/c1-13-5-3-8-21-18(13)19(25)23-10-4-6-17(23)15-7-9-20-16(11-15)12-22-14(2)24/h3,5,7-9,11,17H,4,6,10,12H2,1-2H3,(H,22,24)/t17-/m1/s1. The molecule has 0 saturated carbocycles. The Morgan fingerprint density at radius 2 is 2.12 bits per heavy atom. The van der Waals surface area contributed by atoms with E-state index in [1.165, 1.54) is 6.92 Å². The van der Waals surface area contributed by atoms with Gasteiger partial charge in [-0.3, -0.25) is 19.6 Å². The number of aryl methyl sites for hydroxylation is 1. The molecule has 3 heterocycles. The van der Waals surface area contributed by atoms with Crippen molar-refractivity contribution in [1.29, 1.82) is 0 Å². The van der Waals surface area contributed by atoms with Crippen molar-refractivity contribution in [2.24, 2.45) is 0 Å². The maximum absolute atomic E-state index is 12.9. The first-order chi connectivity index (χ1) is 12.1. The number of rotatable bonds is 4. The summed E-state index contributed by atoms with van der Waals surface area (Å²) in [5.41, 5.74) is 3.25. The molecule has 1 aliphatic rings. The SMILES string of the molecule is CC(=O)NCc1cc([C@H]2CCCN2C(=O)c2ncccc2C)ccn1. The third kappa shape index (κ3) is 3.84. The highest BCUT2D eigenvalue weighted by molar-refractivity contribution is 5.94. The van der Waals surface area contributed by atoms with E-state index in [0.717, 1.165) is 36.2 Å². The maximum Gasteiger partial charge on any atom is 0.273 e. The fourth-order valence-electron chi connectivity index (χ4n) is 3.22. The van der Waals surface area contributed by atoms with Crippen molar-refractivity contribution in [3.05, 3.63) is 59.2 Å². The molecule has 130 valence electrons. The van der Waals surface area contributed by atoms with E-state index in [-0.39, 0.29) is 17.9 Å². The van der Waals surface area contributed by atoms with Crippen LogP contribution in [0.4, 0.5) is 0 Å². The van der Waals surface area contributed by atoms with Gasteiger partial charge in [0, 0.05) is 25.9 Å². The fourth-order valence-corrected chi connectivity index (χ4v) is 3.22. The zero-order valence-corrected chi connectivity index (χ0v) is 14.5. The van der Waals surface area contributed by atoms with E-state index >= 15 is 0 Å². The molecule has 2 aromatic rings. The molecule has 2 amide bonds. The number of carbonyl (C=O) groups excluding carboxylic acids is 2. The molecule has 6 heteroatoms. The molecular formula is C19H22N4O2. The van der Waals surface area contributed by atoms with E-state index in [1.54, 1.807) is 12.4 Å². The van der Waals surface area contributed by atoms with Crippen molar-refractivity contribution in [2.45, 2.75) is 39.3 Å². The van der Waals surface area contributed by atoms with Crippen molar-refractivity contribution in [3.8, 4) is 0 Å². The Morgan fingerprint density at radius 1 is 1.28 bits per heavy atom. The highest BCUT2D eigenvalue weighted by atomic mass is 16.2.